The molecule has 2 heterocycles. The van der Waals surface area contributed by atoms with E-state index in [1.54, 1.807) is 14.0 Å². The Kier molecular flexibility index (Phi) is 3.62. The van der Waals surface area contributed by atoms with Gasteiger partial charge in [0.15, 0.2) is 10.9 Å². The van der Waals surface area contributed by atoms with E-state index in [-0.39, 0.29) is 5.91 Å². The van der Waals surface area contributed by atoms with Gasteiger partial charge in [-0.3, -0.25) is 4.79 Å². The number of hydrogen-bond acceptors (Lipinski definition) is 5. The normalized spacial score (nSPS) is 10.8. The molecule has 0 aliphatic carbocycles. The van der Waals surface area contributed by atoms with Crippen LogP contribution in [0.4, 0.5) is 5.13 Å². The summed E-state index contributed by atoms with van der Waals surface area (Å²) < 4.78 is 11.0. The summed E-state index contributed by atoms with van der Waals surface area (Å²) in [6.45, 7) is 1.80. The third-order valence-electron chi connectivity index (χ3n) is 3.05. The van der Waals surface area contributed by atoms with Gasteiger partial charge in [-0.2, -0.15) is 0 Å². The Morgan fingerprint density at radius 2 is 2.29 bits per heavy atom. The van der Waals surface area contributed by atoms with Crippen LogP contribution in [0, 0.1) is 0 Å². The first-order valence-electron chi connectivity index (χ1n) is 6.53. The molecule has 0 spiro atoms. The average molecular weight is 302 g/mol. The molecule has 6 heteroatoms. The van der Waals surface area contributed by atoms with E-state index in [2.05, 4.69) is 10.3 Å². The zero-order chi connectivity index (χ0) is 14.8. The highest BCUT2D eigenvalue weighted by Crippen LogP contribution is 2.31. The highest BCUT2D eigenvalue weighted by atomic mass is 32.1. The maximum absolute atomic E-state index is 11.4. The van der Waals surface area contributed by atoms with Gasteiger partial charge in [-0.25, -0.2) is 4.98 Å². The SMILES string of the molecule is CCC(=O)Nc1nc(-c2cc3cc(OC)ccc3o2)cs1. The fraction of sp³-hybridized carbons (Fsp3) is 0.200. The topological polar surface area (TPSA) is 64.4 Å². The maximum atomic E-state index is 11.4. The molecule has 1 aromatic carbocycles. The molecule has 2 aromatic heterocycles. The van der Waals surface area contributed by atoms with Crippen LogP contribution in [0.1, 0.15) is 13.3 Å². The van der Waals surface area contributed by atoms with E-state index in [0.29, 0.717) is 23.0 Å². The number of carbonyl (C=O) groups is 1. The molecule has 1 amide bonds. The van der Waals surface area contributed by atoms with Crippen molar-refractivity contribution < 1.29 is 13.9 Å². The molecule has 0 saturated carbocycles. The Labute approximate surface area is 125 Å². The van der Waals surface area contributed by atoms with Gasteiger partial charge in [0.05, 0.1) is 7.11 Å². The lowest BCUT2D eigenvalue weighted by molar-refractivity contribution is -0.115. The standard InChI is InChI=1S/C15H14N2O3S/c1-3-14(18)17-15-16-11(8-21-15)13-7-9-6-10(19-2)4-5-12(9)20-13/h4-8H,3H2,1-2H3,(H,16,17,18). The van der Waals surface area contributed by atoms with Crippen molar-refractivity contribution in [3.05, 3.63) is 29.6 Å². The van der Waals surface area contributed by atoms with Crippen LogP contribution >= 0.6 is 11.3 Å². The van der Waals surface area contributed by atoms with Crippen molar-refractivity contribution in [3.8, 4) is 17.2 Å². The van der Waals surface area contributed by atoms with Crippen LogP contribution in [0.15, 0.2) is 34.1 Å². The minimum atomic E-state index is -0.0507. The number of carbonyl (C=O) groups excluding carboxylic acids is 1. The number of hydrogen-bond donors (Lipinski definition) is 1. The first-order valence-corrected chi connectivity index (χ1v) is 7.41. The van der Waals surface area contributed by atoms with E-state index >= 15 is 0 Å². The highest BCUT2D eigenvalue weighted by molar-refractivity contribution is 7.14. The number of thiazole rings is 1. The van der Waals surface area contributed by atoms with Crippen molar-refractivity contribution >= 4 is 33.3 Å². The van der Waals surface area contributed by atoms with Gasteiger partial charge in [0.25, 0.3) is 0 Å². The molecular formula is C15H14N2O3S. The molecule has 0 aliphatic heterocycles. The summed E-state index contributed by atoms with van der Waals surface area (Å²) in [6, 6.07) is 7.54. The van der Waals surface area contributed by atoms with E-state index in [4.69, 9.17) is 9.15 Å². The molecular weight excluding hydrogens is 288 g/mol. The zero-order valence-electron chi connectivity index (χ0n) is 11.7. The fourth-order valence-electron chi connectivity index (χ4n) is 1.93. The zero-order valence-corrected chi connectivity index (χ0v) is 12.5. The molecule has 0 saturated heterocycles. The predicted octanol–water partition coefficient (Wildman–Crippen LogP) is 3.91. The molecule has 0 atom stereocenters. The molecule has 3 aromatic rings. The smallest absolute Gasteiger partial charge is 0.225 e. The van der Waals surface area contributed by atoms with Gasteiger partial charge in [0.2, 0.25) is 5.91 Å². The summed E-state index contributed by atoms with van der Waals surface area (Å²) in [5.41, 5.74) is 1.49. The molecule has 21 heavy (non-hydrogen) atoms. The predicted molar refractivity (Wildman–Crippen MR) is 82.8 cm³/mol. The third kappa shape index (κ3) is 2.75. The Morgan fingerprint density at radius 1 is 1.43 bits per heavy atom. The van der Waals surface area contributed by atoms with E-state index in [1.807, 2.05) is 29.6 Å². The largest absolute Gasteiger partial charge is 0.497 e. The number of anilines is 1. The number of rotatable bonds is 4. The van der Waals surface area contributed by atoms with Gasteiger partial charge in [0, 0.05) is 17.2 Å². The molecule has 0 fully saturated rings. The van der Waals surface area contributed by atoms with Gasteiger partial charge < -0.3 is 14.5 Å². The lowest BCUT2D eigenvalue weighted by Gasteiger charge is -1.96. The first kappa shape index (κ1) is 13.6. The van der Waals surface area contributed by atoms with Crippen LogP contribution in [0.5, 0.6) is 5.75 Å². The Bertz CT molecular complexity index is 791. The van der Waals surface area contributed by atoms with Crippen molar-refractivity contribution in [2.75, 3.05) is 12.4 Å². The van der Waals surface area contributed by atoms with E-state index in [9.17, 15) is 4.79 Å². The number of furan rings is 1. The third-order valence-corrected chi connectivity index (χ3v) is 3.81. The fourth-order valence-corrected chi connectivity index (χ4v) is 2.64. The molecule has 108 valence electrons. The second kappa shape index (κ2) is 5.57. The molecule has 0 aliphatic rings. The molecule has 1 N–H and O–H groups in total. The Balaban J connectivity index is 1.91. The summed E-state index contributed by atoms with van der Waals surface area (Å²) in [6.07, 6.45) is 0.430. The number of nitrogens with one attached hydrogen (secondary N) is 1. The number of benzene rings is 1. The van der Waals surface area contributed by atoms with Crippen molar-refractivity contribution in [1.29, 1.82) is 0 Å². The number of nitrogens with zero attached hydrogens (tertiary/aromatic N) is 1. The number of aromatic nitrogens is 1. The molecule has 0 bridgehead atoms. The maximum Gasteiger partial charge on any atom is 0.225 e. The quantitative estimate of drug-likeness (QED) is 0.793. The minimum absolute atomic E-state index is 0.0507. The Hall–Kier alpha value is -2.34. The monoisotopic (exact) mass is 302 g/mol. The van der Waals surface area contributed by atoms with E-state index in [0.717, 1.165) is 16.7 Å². The number of amides is 1. The van der Waals surface area contributed by atoms with Crippen molar-refractivity contribution in [3.63, 3.8) is 0 Å². The van der Waals surface area contributed by atoms with Gasteiger partial charge in [-0.15, -0.1) is 11.3 Å². The van der Waals surface area contributed by atoms with E-state index < -0.39 is 0 Å². The highest BCUT2D eigenvalue weighted by Gasteiger charge is 2.11. The second-order valence-corrected chi connectivity index (χ2v) is 5.31. The van der Waals surface area contributed by atoms with Gasteiger partial charge >= 0.3 is 0 Å². The Morgan fingerprint density at radius 3 is 3.05 bits per heavy atom. The number of fused-ring (bicyclic) bond motifs is 1. The van der Waals surface area contributed by atoms with Crippen LogP contribution in [-0.2, 0) is 4.79 Å². The van der Waals surface area contributed by atoms with Gasteiger partial charge in [-0.1, -0.05) is 6.92 Å². The lowest BCUT2D eigenvalue weighted by Crippen LogP contribution is -2.08. The number of ether oxygens (including phenoxy) is 1. The summed E-state index contributed by atoms with van der Waals surface area (Å²) in [5, 5.41) is 6.14. The van der Waals surface area contributed by atoms with Crippen LogP contribution in [0.25, 0.3) is 22.4 Å². The molecule has 5 nitrogen and oxygen atoms in total. The number of methoxy groups -OCH3 is 1. The van der Waals surface area contributed by atoms with Crippen LogP contribution < -0.4 is 10.1 Å². The minimum Gasteiger partial charge on any atom is -0.497 e. The van der Waals surface area contributed by atoms with Crippen molar-refractivity contribution in [2.24, 2.45) is 0 Å². The van der Waals surface area contributed by atoms with Gasteiger partial charge in [0.1, 0.15) is 17.0 Å². The van der Waals surface area contributed by atoms with Crippen molar-refractivity contribution in [1.82, 2.24) is 4.98 Å². The summed E-state index contributed by atoms with van der Waals surface area (Å²) in [4.78, 5) is 15.7. The molecule has 0 unspecified atom stereocenters. The van der Waals surface area contributed by atoms with Gasteiger partial charge in [-0.05, 0) is 24.3 Å². The average Bonchev–Trinajstić information content (AvgIpc) is 3.12. The summed E-state index contributed by atoms with van der Waals surface area (Å²) in [5.74, 6) is 1.40. The first-order chi connectivity index (χ1) is 10.2. The van der Waals surface area contributed by atoms with Crippen LogP contribution in [0.3, 0.4) is 0 Å². The lowest BCUT2D eigenvalue weighted by atomic mass is 10.2. The second-order valence-electron chi connectivity index (χ2n) is 4.45. The summed E-state index contributed by atoms with van der Waals surface area (Å²) >= 11 is 1.38. The van der Waals surface area contributed by atoms with Crippen LogP contribution in [0.2, 0.25) is 0 Å². The summed E-state index contributed by atoms with van der Waals surface area (Å²) in [7, 11) is 1.63. The van der Waals surface area contributed by atoms with Crippen LogP contribution in [-0.4, -0.2) is 18.0 Å². The molecule has 0 radical (unpaired) electrons. The van der Waals surface area contributed by atoms with Crippen molar-refractivity contribution in [2.45, 2.75) is 13.3 Å². The molecule has 3 rings (SSSR count). The van der Waals surface area contributed by atoms with E-state index in [1.165, 1.54) is 11.3 Å².